The Kier molecular flexibility index (Phi) is 3.70. The summed E-state index contributed by atoms with van der Waals surface area (Å²) in [6, 6.07) is 0.0836. The van der Waals surface area contributed by atoms with Crippen LogP contribution in [0, 0.1) is 5.92 Å². The van der Waals surface area contributed by atoms with Crippen LogP contribution < -0.4 is 5.73 Å². The van der Waals surface area contributed by atoms with Gasteiger partial charge in [-0.1, -0.05) is 12.2 Å². The smallest absolute Gasteiger partial charge is 0.229 e. The lowest BCUT2D eigenvalue weighted by molar-refractivity contribution is -0.133. The van der Waals surface area contributed by atoms with Crippen LogP contribution in [0.25, 0.3) is 0 Å². The second kappa shape index (κ2) is 5.03. The largest absolute Gasteiger partial charge is 0.341 e. The molecule has 1 saturated heterocycles. The molecule has 0 bridgehead atoms. The minimum Gasteiger partial charge on any atom is -0.341 e. The maximum atomic E-state index is 12.1. The van der Waals surface area contributed by atoms with Crippen LogP contribution in [-0.4, -0.2) is 41.4 Å². The van der Waals surface area contributed by atoms with Gasteiger partial charge < -0.3 is 10.6 Å². The van der Waals surface area contributed by atoms with Crippen LogP contribution in [0.5, 0.6) is 0 Å². The summed E-state index contributed by atoms with van der Waals surface area (Å²) in [6.45, 7) is 1.83. The summed E-state index contributed by atoms with van der Waals surface area (Å²) in [4.78, 5) is 14.1. The van der Waals surface area contributed by atoms with E-state index in [9.17, 15) is 4.79 Å². The van der Waals surface area contributed by atoms with Crippen molar-refractivity contribution < 1.29 is 4.79 Å². The van der Waals surface area contributed by atoms with Crippen molar-refractivity contribution in [2.24, 2.45) is 11.7 Å². The second-order valence-corrected chi connectivity index (χ2v) is 5.41. The zero-order valence-corrected chi connectivity index (χ0v) is 9.71. The zero-order chi connectivity index (χ0) is 10.7. The molecule has 1 aliphatic carbocycles. The highest BCUT2D eigenvalue weighted by Crippen LogP contribution is 2.20. The molecule has 3 nitrogen and oxygen atoms in total. The van der Waals surface area contributed by atoms with Gasteiger partial charge >= 0.3 is 0 Å². The van der Waals surface area contributed by atoms with E-state index in [1.807, 2.05) is 28.8 Å². The molecule has 0 aromatic rings. The fourth-order valence-electron chi connectivity index (χ4n) is 2.11. The van der Waals surface area contributed by atoms with E-state index in [0.717, 1.165) is 31.7 Å². The standard InChI is InChI=1S/C11H18N2OS/c12-10-3-2-9(8-10)11(14)13-4-1-6-15-7-5-13/h2-3,9-10H,1,4-8,12H2. The monoisotopic (exact) mass is 226 g/mol. The third-order valence-electron chi connectivity index (χ3n) is 2.97. The molecule has 1 fully saturated rings. The van der Waals surface area contributed by atoms with Crippen molar-refractivity contribution in [3.63, 3.8) is 0 Å². The van der Waals surface area contributed by atoms with Crippen LogP contribution >= 0.6 is 11.8 Å². The summed E-state index contributed by atoms with van der Waals surface area (Å²) in [5, 5.41) is 0. The molecule has 15 heavy (non-hydrogen) atoms. The lowest BCUT2D eigenvalue weighted by Crippen LogP contribution is -2.37. The summed E-state index contributed by atoms with van der Waals surface area (Å²) in [5.74, 6) is 2.59. The van der Waals surface area contributed by atoms with Gasteiger partial charge in [0.1, 0.15) is 0 Å². The summed E-state index contributed by atoms with van der Waals surface area (Å²) < 4.78 is 0. The number of carbonyl (C=O) groups is 1. The molecule has 1 amide bonds. The molecule has 2 aliphatic rings. The minimum absolute atomic E-state index is 0.0445. The lowest BCUT2D eigenvalue weighted by atomic mass is 10.1. The van der Waals surface area contributed by atoms with Gasteiger partial charge in [0.05, 0.1) is 5.92 Å². The van der Waals surface area contributed by atoms with Gasteiger partial charge in [-0.15, -0.1) is 0 Å². The van der Waals surface area contributed by atoms with Crippen molar-refractivity contribution in [1.82, 2.24) is 4.90 Å². The number of hydrogen-bond acceptors (Lipinski definition) is 3. The van der Waals surface area contributed by atoms with Gasteiger partial charge in [-0.3, -0.25) is 4.79 Å². The highest BCUT2D eigenvalue weighted by molar-refractivity contribution is 7.99. The summed E-state index contributed by atoms with van der Waals surface area (Å²) in [6.07, 6.45) is 5.85. The van der Waals surface area contributed by atoms with Crippen LogP contribution in [0.4, 0.5) is 0 Å². The van der Waals surface area contributed by atoms with Gasteiger partial charge in [0.25, 0.3) is 0 Å². The fraction of sp³-hybridized carbons (Fsp3) is 0.727. The predicted molar refractivity (Wildman–Crippen MR) is 63.7 cm³/mol. The first-order valence-corrected chi connectivity index (χ1v) is 6.73. The Bertz CT molecular complexity index is 259. The summed E-state index contributed by atoms with van der Waals surface area (Å²) >= 11 is 1.94. The molecule has 0 radical (unpaired) electrons. The number of carbonyl (C=O) groups excluding carboxylic acids is 1. The van der Waals surface area contributed by atoms with Crippen LogP contribution in [0.3, 0.4) is 0 Å². The molecular formula is C11H18N2OS. The number of nitrogens with two attached hydrogens (primary N) is 1. The number of amides is 1. The Morgan fingerprint density at radius 3 is 2.93 bits per heavy atom. The van der Waals surface area contributed by atoms with Crippen LogP contribution in [0.2, 0.25) is 0 Å². The summed E-state index contributed by atoms with van der Waals surface area (Å²) in [7, 11) is 0. The maximum absolute atomic E-state index is 12.1. The van der Waals surface area contributed by atoms with Crippen LogP contribution in [0.1, 0.15) is 12.8 Å². The maximum Gasteiger partial charge on any atom is 0.229 e. The summed E-state index contributed by atoms with van der Waals surface area (Å²) in [5.41, 5.74) is 5.76. The van der Waals surface area contributed by atoms with E-state index >= 15 is 0 Å². The van der Waals surface area contributed by atoms with Gasteiger partial charge in [-0.05, 0) is 18.6 Å². The first kappa shape index (κ1) is 11.0. The van der Waals surface area contributed by atoms with Crippen molar-refractivity contribution in [2.45, 2.75) is 18.9 Å². The Hall–Kier alpha value is -0.480. The van der Waals surface area contributed by atoms with Gasteiger partial charge in [0.2, 0.25) is 5.91 Å². The molecule has 2 atom stereocenters. The Balaban J connectivity index is 1.91. The molecule has 0 saturated carbocycles. The minimum atomic E-state index is 0.0445. The van der Waals surface area contributed by atoms with Gasteiger partial charge in [0.15, 0.2) is 0 Å². The van der Waals surface area contributed by atoms with E-state index in [1.165, 1.54) is 5.75 Å². The SMILES string of the molecule is NC1C=CC(C(=O)N2CCCSCC2)C1. The molecule has 84 valence electrons. The van der Waals surface area contributed by atoms with Crippen molar-refractivity contribution in [3.05, 3.63) is 12.2 Å². The predicted octanol–water partition coefficient (Wildman–Crippen LogP) is 0.855. The molecule has 0 aromatic carbocycles. The van der Waals surface area contributed by atoms with Gasteiger partial charge in [0, 0.05) is 24.9 Å². The molecule has 1 heterocycles. The molecule has 2 N–H and O–H groups in total. The number of thioether (sulfide) groups is 1. The second-order valence-electron chi connectivity index (χ2n) is 4.18. The topological polar surface area (TPSA) is 46.3 Å². The average molecular weight is 226 g/mol. The van der Waals surface area contributed by atoms with Crippen LogP contribution in [0.15, 0.2) is 12.2 Å². The third-order valence-corrected chi connectivity index (χ3v) is 4.02. The highest BCUT2D eigenvalue weighted by atomic mass is 32.2. The average Bonchev–Trinajstić information content (AvgIpc) is 2.53. The van der Waals surface area contributed by atoms with Gasteiger partial charge in [-0.25, -0.2) is 0 Å². The van der Waals surface area contributed by atoms with Crippen molar-refractivity contribution in [3.8, 4) is 0 Å². The number of rotatable bonds is 1. The molecule has 4 heteroatoms. The first-order valence-electron chi connectivity index (χ1n) is 5.58. The Labute approximate surface area is 95.1 Å². The molecule has 2 unspecified atom stereocenters. The molecule has 0 spiro atoms. The first-order chi connectivity index (χ1) is 7.27. The van der Waals surface area contributed by atoms with E-state index in [-0.39, 0.29) is 17.9 Å². The normalized spacial score (nSPS) is 31.7. The Morgan fingerprint density at radius 2 is 2.20 bits per heavy atom. The van der Waals surface area contributed by atoms with Crippen molar-refractivity contribution in [1.29, 1.82) is 0 Å². The molecule has 2 rings (SSSR count). The quantitative estimate of drug-likeness (QED) is 0.674. The molecule has 1 aliphatic heterocycles. The molecular weight excluding hydrogens is 208 g/mol. The van der Waals surface area contributed by atoms with E-state index in [4.69, 9.17) is 5.73 Å². The fourth-order valence-corrected chi connectivity index (χ4v) is 3.00. The zero-order valence-electron chi connectivity index (χ0n) is 8.89. The highest BCUT2D eigenvalue weighted by Gasteiger charge is 2.27. The number of hydrogen-bond donors (Lipinski definition) is 1. The van der Waals surface area contributed by atoms with E-state index in [2.05, 4.69) is 0 Å². The number of nitrogens with zero attached hydrogens (tertiary/aromatic N) is 1. The van der Waals surface area contributed by atoms with E-state index < -0.39 is 0 Å². The van der Waals surface area contributed by atoms with Crippen molar-refractivity contribution >= 4 is 17.7 Å². The van der Waals surface area contributed by atoms with E-state index in [1.54, 1.807) is 0 Å². The van der Waals surface area contributed by atoms with Crippen molar-refractivity contribution in [2.75, 3.05) is 24.6 Å². The third kappa shape index (κ3) is 2.75. The Morgan fingerprint density at radius 1 is 1.33 bits per heavy atom. The van der Waals surface area contributed by atoms with Crippen LogP contribution in [-0.2, 0) is 4.79 Å². The lowest BCUT2D eigenvalue weighted by Gasteiger charge is -2.23. The van der Waals surface area contributed by atoms with Gasteiger partial charge in [-0.2, -0.15) is 11.8 Å². The molecule has 0 aromatic heterocycles. The van der Waals surface area contributed by atoms with E-state index in [0.29, 0.717) is 0 Å².